The van der Waals surface area contributed by atoms with E-state index in [1.807, 2.05) is 0 Å². The third kappa shape index (κ3) is 8.71. The minimum Gasteiger partial charge on any atom is -0.399 e. The molecule has 0 unspecified atom stereocenters. The Bertz CT molecular complexity index is 3920. The molecule has 0 radical (unpaired) electrons. The predicted octanol–water partition coefficient (Wildman–Crippen LogP) is 18.4. The van der Waals surface area contributed by atoms with E-state index in [4.69, 9.17) is 14.3 Å². The van der Waals surface area contributed by atoms with Crippen LogP contribution in [0.5, 0.6) is 0 Å². The molecule has 1 fully saturated rings. The Hall–Kier alpha value is -7.93. The van der Waals surface area contributed by atoms with Crippen LogP contribution in [0, 0.1) is 0 Å². The number of rotatable bonds is 7. The first-order chi connectivity index (χ1) is 36.1. The standard InChI is InChI=1S/C42H37BO2.C27H16BrN/c1-41(2)42(3,4)45-43(44-41)35-27-17-26-34(28-35)37-29-36(30-18-9-5-10-19-30)38(31-20-11-6-12-21-31)40(33-24-15-8-16-25-33)39(37)32-22-13-7-14-23-32;28-20-9-5-8-19(16-20)25-23-14-12-17-6-1-3-10-21(17)26(23)29-27-22-11-4-2-7-18(22)13-15-24(25)27/h5-29H,1-4H3;1-16H. The van der Waals surface area contributed by atoms with Gasteiger partial charge in [0.15, 0.2) is 0 Å². The molecular weight excluding hydrogens is 965 g/mol. The Morgan fingerprint density at radius 3 is 1.27 bits per heavy atom. The maximum absolute atomic E-state index is 6.50. The van der Waals surface area contributed by atoms with Gasteiger partial charge in [0.2, 0.25) is 0 Å². The first kappa shape index (κ1) is 47.1. The van der Waals surface area contributed by atoms with Gasteiger partial charge in [0.25, 0.3) is 0 Å². The van der Waals surface area contributed by atoms with E-state index in [0.29, 0.717) is 0 Å². The van der Waals surface area contributed by atoms with Gasteiger partial charge in [-0.2, -0.15) is 0 Å². The lowest BCUT2D eigenvalue weighted by atomic mass is 9.75. The van der Waals surface area contributed by atoms with Gasteiger partial charge >= 0.3 is 7.12 Å². The Balaban J connectivity index is 0.000000164. The molecule has 1 aliphatic heterocycles. The van der Waals surface area contributed by atoms with E-state index in [1.165, 1.54) is 88.0 Å². The SMILES string of the molecule is Brc1cccc(-c2c3ccc4ccccc4c3nc3c2ccc2ccccc23)c1.CC1(C)OB(c2cccc(-c3cc(-c4ccccc4)c(-c4ccccc4)c(-c4ccccc4)c3-c3ccccc3)c2)OC1(C)C. The molecule has 0 N–H and O–H groups in total. The van der Waals surface area contributed by atoms with Crippen LogP contribution in [0.4, 0.5) is 0 Å². The monoisotopic (exact) mass is 1020 g/mol. The molecule has 0 spiro atoms. The van der Waals surface area contributed by atoms with Crippen molar-refractivity contribution in [3.05, 3.63) is 253 Å². The summed E-state index contributed by atoms with van der Waals surface area (Å²) in [6, 6.07) is 88.6. The van der Waals surface area contributed by atoms with Crippen molar-refractivity contribution in [2.75, 3.05) is 0 Å². The van der Waals surface area contributed by atoms with E-state index in [0.717, 1.165) is 32.1 Å². The van der Waals surface area contributed by atoms with E-state index < -0.39 is 18.3 Å². The lowest BCUT2D eigenvalue weighted by molar-refractivity contribution is 0.00578. The first-order valence-electron chi connectivity index (χ1n) is 25.4. The van der Waals surface area contributed by atoms with Crippen LogP contribution in [-0.2, 0) is 9.31 Å². The Morgan fingerprint density at radius 2 is 0.757 bits per heavy atom. The number of halogens is 1. The summed E-state index contributed by atoms with van der Waals surface area (Å²) in [7, 11) is -0.444. The molecule has 1 saturated heterocycles. The highest BCUT2D eigenvalue weighted by Crippen LogP contribution is 2.50. The number of hydrogen-bond acceptors (Lipinski definition) is 3. The number of benzene rings is 11. The maximum atomic E-state index is 6.50. The van der Waals surface area contributed by atoms with Crippen molar-refractivity contribution in [2.24, 2.45) is 0 Å². The van der Waals surface area contributed by atoms with Gasteiger partial charge < -0.3 is 9.31 Å². The van der Waals surface area contributed by atoms with Crippen molar-refractivity contribution in [1.82, 2.24) is 4.98 Å². The summed E-state index contributed by atoms with van der Waals surface area (Å²) in [5.74, 6) is 0. The van der Waals surface area contributed by atoms with Crippen molar-refractivity contribution in [1.29, 1.82) is 0 Å². The highest BCUT2D eigenvalue weighted by Gasteiger charge is 2.51. The van der Waals surface area contributed by atoms with E-state index >= 15 is 0 Å². The van der Waals surface area contributed by atoms with Gasteiger partial charge in [-0.1, -0.05) is 246 Å². The first-order valence-corrected chi connectivity index (χ1v) is 26.2. The average Bonchev–Trinajstić information content (AvgIpc) is 3.68. The topological polar surface area (TPSA) is 31.4 Å². The summed E-state index contributed by atoms with van der Waals surface area (Å²) in [6.45, 7) is 8.41. The van der Waals surface area contributed by atoms with E-state index in [-0.39, 0.29) is 0 Å². The van der Waals surface area contributed by atoms with Gasteiger partial charge in [-0.25, -0.2) is 4.98 Å². The predicted molar refractivity (Wildman–Crippen MR) is 317 cm³/mol. The Morgan fingerprint density at radius 1 is 0.338 bits per heavy atom. The smallest absolute Gasteiger partial charge is 0.399 e. The van der Waals surface area contributed by atoms with Crippen molar-refractivity contribution in [3.8, 4) is 66.8 Å². The van der Waals surface area contributed by atoms with Gasteiger partial charge in [-0.3, -0.25) is 0 Å². The molecule has 1 aromatic heterocycles. The molecule has 3 nitrogen and oxygen atoms in total. The fraction of sp³-hybridized carbons (Fsp3) is 0.0870. The van der Waals surface area contributed by atoms with Crippen molar-refractivity contribution >= 4 is 71.9 Å². The molecule has 0 aliphatic carbocycles. The van der Waals surface area contributed by atoms with Gasteiger partial charge in [-0.05, 0) is 123 Å². The molecule has 0 bridgehead atoms. The molecule has 5 heteroatoms. The molecule has 1 aliphatic rings. The minimum atomic E-state index is -0.444. The Labute approximate surface area is 442 Å². The van der Waals surface area contributed by atoms with Gasteiger partial charge in [-0.15, -0.1) is 0 Å². The fourth-order valence-corrected chi connectivity index (χ4v) is 11.1. The van der Waals surface area contributed by atoms with Crippen molar-refractivity contribution < 1.29 is 9.31 Å². The van der Waals surface area contributed by atoms with Crippen LogP contribution >= 0.6 is 15.9 Å². The summed E-state index contributed by atoms with van der Waals surface area (Å²) >= 11 is 3.65. The van der Waals surface area contributed by atoms with Gasteiger partial charge in [0.1, 0.15) is 0 Å². The highest BCUT2D eigenvalue weighted by molar-refractivity contribution is 9.10. The van der Waals surface area contributed by atoms with Crippen molar-refractivity contribution in [3.63, 3.8) is 0 Å². The van der Waals surface area contributed by atoms with Crippen LogP contribution in [0.2, 0.25) is 0 Å². The van der Waals surface area contributed by atoms with E-state index in [9.17, 15) is 0 Å². The molecule has 356 valence electrons. The number of pyridine rings is 1. The van der Waals surface area contributed by atoms with Gasteiger partial charge in [0, 0.05) is 31.6 Å². The maximum Gasteiger partial charge on any atom is 0.494 e. The molecule has 13 rings (SSSR count). The molecule has 11 aromatic carbocycles. The number of nitrogens with zero attached hydrogens (tertiary/aromatic N) is 1. The second-order valence-electron chi connectivity index (χ2n) is 20.1. The normalized spacial score (nSPS) is 13.8. The van der Waals surface area contributed by atoms with Crippen LogP contribution in [0.3, 0.4) is 0 Å². The second-order valence-corrected chi connectivity index (χ2v) is 21.1. The average molecular weight is 1020 g/mol. The van der Waals surface area contributed by atoms with Gasteiger partial charge in [0.05, 0.1) is 22.2 Å². The third-order valence-electron chi connectivity index (χ3n) is 15.0. The lowest BCUT2D eigenvalue weighted by Gasteiger charge is -2.32. The van der Waals surface area contributed by atoms with E-state index in [2.05, 4.69) is 292 Å². The number of aromatic nitrogens is 1. The zero-order valence-electron chi connectivity index (χ0n) is 41.9. The van der Waals surface area contributed by atoms with E-state index in [1.54, 1.807) is 0 Å². The fourth-order valence-electron chi connectivity index (χ4n) is 10.7. The van der Waals surface area contributed by atoms with Crippen molar-refractivity contribution in [2.45, 2.75) is 38.9 Å². The molecule has 0 saturated carbocycles. The quantitative estimate of drug-likeness (QED) is 0.0906. The molecule has 0 amide bonds. The summed E-state index contributed by atoms with van der Waals surface area (Å²) in [5, 5.41) is 7.18. The second kappa shape index (κ2) is 19.5. The highest BCUT2D eigenvalue weighted by atomic mass is 79.9. The zero-order valence-corrected chi connectivity index (χ0v) is 43.5. The molecular formula is C69H53BBrNO2. The van der Waals surface area contributed by atoms with Crippen LogP contribution < -0.4 is 5.46 Å². The summed E-state index contributed by atoms with van der Waals surface area (Å²) in [6.07, 6.45) is 0. The molecule has 12 aromatic rings. The summed E-state index contributed by atoms with van der Waals surface area (Å²) in [4.78, 5) is 5.23. The zero-order chi connectivity index (χ0) is 50.4. The number of fused-ring (bicyclic) bond motifs is 6. The lowest BCUT2D eigenvalue weighted by Crippen LogP contribution is -2.41. The molecule has 74 heavy (non-hydrogen) atoms. The summed E-state index contributed by atoms with van der Waals surface area (Å²) in [5.41, 5.74) is 16.6. The molecule has 0 atom stereocenters. The third-order valence-corrected chi connectivity index (χ3v) is 15.5. The number of hydrogen-bond donors (Lipinski definition) is 0. The van der Waals surface area contributed by atoms with Crippen LogP contribution in [0.25, 0.3) is 110 Å². The van der Waals surface area contributed by atoms with Crippen LogP contribution in [0.1, 0.15) is 27.7 Å². The molecule has 2 heterocycles. The minimum absolute atomic E-state index is 0.416. The largest absolute Gasteiger partial charge is 0.494 e. The van der Waals surface area contributed by atoms with Crippen LogP contribution in [-0.4, -0.2) is 23.3 Å². The summed E-state index contributed by atoms with van der Waals surface area (Å²) < 4.78 is 14.1. The Kier molecular flexibility index (Phi) is 12.4. The van der Waals surface area contributed by atoms with Crippen LogP contribution in [0.15, 0.2) is 253 Å².